The van der Waals surface area contributed by atoms with Gasteiger partial charge in [-0.1, -0.05) is 12.1 Å². The summed E-state index contributed by atoms with van der Waals surface area (Å²) in [7, 11) is 2.09. The lowest BCUT2D eigenvalue weighted by atomic mass is 10.3. The van der Waals surface area contributed by atoms with Crippen LogP contribution >= 0.6 is 15.9 Å². The molecule has 0 atom stereocenters. The Labute approximate surface area is 116 Å². The molecule has 0 bridgehead atoms. The Bertz CT molecular complexity index is 470. The molecule has 1 heterocycles. The average Bonchev–Trinajstić information content (AvgIpc) is 2.84. The topological polar surface area (TPSA) is 28.4 Å². The number of anilines is 1. The van der Waals surface area contributed by atoms with Crippen molar-refractivity contribution < 1.29 is 4.42 Å². The summed E-state index contributed by atoms with van der Waals surface area (Å²) in [5.74, 6) is 0.999. The molecule has 0 fully saturated rings. The Morgan fingerprint density at radius 1 is 1.22 bits per heavy atom. The number of nitrogens with one attached hydrogen (secondary N) is 1. The Hall–Kier alpha value is -1.26. The van der Waals surface area contributed by atoms with Crippen LogP contribution in [-0.2, 0) is 6.54 Å². The van der Waals surface area contributed by atoms with Crippen LogP contribution in [0.15, 0.2) is 51.6 Å². The van der Waals surface area contributed by atoms with Gasteiger partial charge in [-0.3, -0.25) is 4.90 Å². The van der Waals surface area contributed by atoms with E-state index in [9.17, 15) is 0 Å². The molecule has 1 aromatic heterocycles. The van der Waals surface area contributed by atoms with Crippen LogP contribution in [0.4, 0.5) is 5.69 Å². The van der Waals surface area contributed by atoms with E-state index in [2.05, 4.69) is 39.3 Å². The molecule has 0 aliphatic carbocycles. The molecular formula is C14H17BrN2O. The third-order valence-corrected chi connectivity index (χ3v) is 3.38. The van der Waals surface area contributed by atoms with Gasteiger partial charge in [0.05, 0.1) is 12.8 Å². The minimum absolute atomic E-state index is 0.838. The summed E-state index contributed by atoms with van der Waals surface area (Å²) in [6.07, 6.45) is 1.71. The molecule has 0 saturated carbocycles. The number of nitrogens with zero attached hydrogens (tertiary/aromatic N) is 1. The van der Waals surface area contributed by atoms with E-state index in [1.54, 1.807) is 6.26 Å². The highest BCUT2D eigenvalue weighted by atomic mass is 79.9. The number of hydrogen-bond donors (Lipinski definition) is 1. The zero-order valence-electron chi connectivity index (χ0n) is 10.4. The highest BCUT2D eigenvalue weighted by molar-refractivity contribution is 9.10. The van der Waals surface area contributed by atoms with Gasteiger partial charge in [-0.15, -0.1) is 0 Å². The van der Waals surface area contributed by atoms with E-state index >= 15 is 0 Å². The van der Waals surface area contributed by atoms with Crippen LogP contribution in [0, 0.1) is 0 Å². The minimum atomic E-state index is 0.838. The van der Waals surface area contributed by atoms with Crippen molar-refractivity contribution in [2.45, 2.75) is 6.54 Å². The summed E-state index contributed by atoms with van der Waals surface area (Å²) in [6.45, 7) is 2.70. The summed E-state index contributed by atoms with van der Waals surface area (Å²) in [4.78, 5) is 2.22. The molecule has 0 amide bonds. The van der Waals surface area contributed by atoms with Crippen LogP contribution in [0.2, 0.25) is 0 Å². The number of halogens is 1. The molecule has 0 aliphatic heterocycles. The van der Waals surface area contributed by atoms with Crippen LogP contribution in [0.5, 0.6) is 0 Å². The molecule has 0 saturated heterocycles. The highest BCUT2D eigenvalue weighted by Crippen LogP contribution is 2.20. The maximum atomic E-state index is 5.32. The number of likely N-dealkylation sites (N-methyl/N-ethyl adjacent to an activating group) is 1. The highest BCUT2D eigenvalue weighted by Gasteiger charge is 2.02. The van der Waals surface area contributed by atoms with Crippen LogP contribution in [0.1, 0.15) is 5.76 Å². The van der Waals surface area contributed by atoms with Crippen LogP contribution < -0.4 is 5.32 Å². The zero-order valence-corrected chi connectivity index (χ0v) is 12.0. The van der Waals surface area contributed by atoms with Crippen molar-refractivity contribution in [3.63, 3.8) is 0 Å². The Morgan fingerprint density at radius 3 is 2.78 bits per heavy atom. The first-order valence-electron chi connectivity index (χ1n) is 5.95. The van der Waals surface area contributed by atoms with Gasteiger partial charge in [0.1, 0.15) is 5.76 Å². The molecule has 3 nitrogen and oxygen atoms in total. The van der Waals surface area contributed by atoms with Gasteiger partial charge in [-0.05, 0) is 47.2 Å². The van der Waals surface area contributed by atoms with Gasteiger partial charge < -0.3 is 9.73 Å². The smallest absolute Gasteiger partial charge is 0.117 e. The third kappa shape index (κ3) is 3.89. The molecule has 18 heavy (non-hydrogen) atoms. The van der Waals surface area contributed by atoms with Gasteiger partial charge >= 0.3 is 0 Å². The maximum absolute atomic E-state index is 5.32. The van der Waals surface area contributed by atoms with E-state index < -0.39 is 0 Å². The van der Waals surface area contributed by atoms with Crippen LogP contribution in [0.25, 0.3) is 0 Å². The molecule has 0 unspecified atom stereocenters. The molecule has 0 aliphatic rings. The van der Waals surface area contributed by atoms with Crippen LogP contribution in [-0.4, -0.2) is 25.0 Å². The van der Waals surface area contributed by atoms with E-state index in [0.29, 0.717) is 0 Å². The van der Waals surface area contributed by atoms with Crippen molar-refractivity contribution >= 4 is 21.6 Å². The van der Waals surface area contributed by atoms with E-state index in [4.69, 9.17) is 4.42 Å². The Balaban J connectivity index is 1.74. The molecule has 0 spiro atoms. The van der Waals surface area contributed by atoms with Gasteiger partial charge in [0.25, 0.3) is 0 Å². The molecular weight excluding hydrogens is 292 g/mol. The summed E-state index contributed by atoms with van der Waals surface area (Å²) in [6, 6.07) is 12.1. The fraction of sp³-hybridized carbons (Fsp3) is 0.286. The molecule has 4 heteroatoms. The fourth-order valence-corrected chi connectivity index (χ4v) is 2.16. The van der Waals surface area contributed by atoms with Crippen molar-refractivity contribution in [1.82, 2.24) is 4.90 Å². The summed E-state index contributed by atoms with van der Waals surface area (Å²) >= 11 is 3.52. The molecule has 1 aromatic carbocycles. The zero-order chi connectivity index (χ0) is 12.8. The summed E-state index contributed by atoms with van der Waals surface area (Å²) in [5, 5.41) is 3.40. The number of para-hydroxylation sites is 1. The maximum Gasteiger partial charge on any atom is 0.117 e. The number of furan rings is 1. The quantitative estimate of drug-likeness (QED) is 0.884. The Morgan fingerprint density at radius 2 is 2.06 bits per heavy atom. The van der Waals surface area contributed by atoms with E-state index in [1.165, 1.54) is 0 Å². The monoisotopic (exact) mass is 308 g/mol. The van der Waals surface area contributed by atoms with E-state index in [0.717, 1.165) is 35.6 Å². The number of rotatable bonds is 6. The molecule has 1 N–H and O–H groups in total. The number of hydrogen-bond acceptors (Lipinski definition) is 3. The molecule has 2 rings (SSSR count). The first-order chi connectivity index (χ1) is 8.75. The van der Waals surface area contributed by atoms with E-state index in [1.807, 2.05) is 30.3 Å². The van der Waals surface area contributed by atoms with Gasteiger partial charge in [-0.25, -0.2) is 0 Å². The lowest BCUT2D eigenvalue weighted by Crippen LogP contribution is -2.24. The van der Waals surface area contributed by atoms with Crippen molar-refractivity contribution in [3.05, 3.63) is 52.9 Å². The number of benzene rings is 1. The summed E-state index contributed by atoms with van der Waals surface area (Å²) < 4.78 is 6.41. The fourth-order valence-electron chi connectivity index (χ4n) is 1.73. The second-order valence-electron chi connectivity index (χ2n) is 4.22. The van der Waals surface area contributed by atoms with Crippen LogP contribution in [0.3, 0.4) is 0 Å². The van der Waals surface area contributed by atoms with Gasteiger partial charge in [0.15, 0.2) is 0 Å². The second-order valence-corrected chi connectivity index (χ2v) is 5.08. The predicted octanol–water partition coefficient (Wildman–Crippen LogP) is 3.59. The third-order valence-electron chi connectivity index (χ3n) is 2.69. The molecule has 96 valence electrons. The minimum Gasteiger partial charge on any atom is -0.468 e. The average molecular weight is 309 g/mol. The van der Waals surface area contributed by atoms with Crippen molar-refractivity contribution in [2.75, 3.05) is 25.5 Å². The van der Waals surface area contributed by atoms with Crippen molar-refractivity contribution in [3.8, 4) is 0 Å². The normalized spacial score (nSPS) is 10.8. The Kier molecular flexibility index (Phi) is 4.84. The largest absolute Gasteiger partial charge is 0.468 e. The standard InChI is InChI=1S/C14H17BrN2O/c1-17(11-12-5-4-10-18-12)9-8-16-14-7-3-2-6-13(14)15/h2-7,10,16H,8-9,11H2,1H3. The molecule has 0 radical (unpaired) electrons. The second kappa shape index (κ2) is 6.61. The molecule has 2 aromatic rings. The lowest BCUT2D eigenvalue weighted by molar-refractivity contribution is 0.305. The first kappa shape index (κ1) is 13.2. The van der Waals surface area contributed by atoms with Gasteiger partial charge in [-0.2, -0.15) is 0 Å². The van der Waals surface area contributed by atoms with Crippen molar-refractivity contribution in [1.29, 1.82) is 0 Å². The lowest BCUT2D eigenvalue weighted by Gasteiger charge is -2.16. The van der Waals surface area contributed by atoms with Gasteiger partial charge in [0, 0.05) is 23.2 Å². The first-order valence-corrected chi connectivity index (χ1v) is 6.74. The van der Waals surface area contributed by atoms with Crippen molar-refractivity contribution in [2.24, 2.45) is 0 Å². The van der Waals surface area contributed by atoms with Gasteiger partial charge in [0.2, 0.25) is 0 Å². The predicted molar refractivity (Wildman–Crippen MR) is 77.7 cm³/mol. The van der Waals surface area contributed by atoms with E-state index in [-0.39, 0.29) is 0 Å². The SMILES string of the molecule is CN(CCNc1ccccc1Br)Cc1ccco1. The summed E-state index contributed by atoms with van der Waals surface area (Å²) in [5.41, 5.74) is 1.13.